The van der Waals surface area contributed by atoms with Crippen LogP contribution in [0, 0.1) is 17.8 Å². The van der Waals surface area contributed by atoms with Gasteiger partial charge in [-0.25, -0.2) is 19.3 Å². The van der Waals surface area contributed by atoms with Crippen molar-refractivity contribution in [3.63, 3.8) is 0 Å². The molecule has 0 aromatic carbocycles. The number of anilines is 1. The van der Waals surface area contributed by atoms with Gasteiger partial charge in [0.15, 0.2) is 17.0 Å². The average molecular weight is 347 g/mol. The lowest BCUT2D eigenvalue weighted by Gasteiger charge is -2.29. The van der Waals surface area contributed by atoms with Gasteiger partial charge >= 0.3 is 0 Å². The van der Waals surface area contributed by atoms with Gasteiger partial charge in [-0.1, -0.05) is 0 Å². The number of rotatable bonds is 3. The molecule has 2 aromatic rings. The van der Waals surface area contributed by atoms with Crippen LogP contribution in [0.25, 0.3) is 11.2 Å². The highest BCUT2D eigenvalue weighted by molar-refractivity contribution is 5.83. The Labute approximate surface area is 144 Å². The second kappa shape index (κ2) is 5.60. The molecule has 2 aromatic heterocycles. The lowest BCUT2D eigenvalue weighted by atomic mass is 9.85. The van der Waals surface area contributed by atoms with E-state index in [4.69, 9.17) is 0 Å². The molecule has 1 aliphatic heterocycles. The van der Waals surface area contributed by atoms with Gasteiger partial charge < -0.3 is 19.7 Å². The van der Waals surface area contributed by atoms with Crippen LogP contribution in [-0.4, -0.2) is 61.2 Å². The van der Waals surface area contributed by atoms with Crippen LogP contribution in [0.3, 0.4) is 0 Å². The van der Waals surface area contributed by atoms with E-state index in [2.05, 4.69) is 15.0 Å². The van der Waals surface area contributed by atoms with Gasteiger partial charge in [0, 0.05) is 13.1 Å². The number of imidazole rings is 1. The van der Waals surface area contributed by atoms with Gasteiger partial charge in [0.1, 0.15) is 12.5 Å². The number of fused-ring (bicyclic) bond motifs is 3. The Morgan fingerprint density at radius 3 is 2.76 bits per heavy atom. The van der Waals surface area contributed by atoms with E-state index in [1.165, 1.54) is 6.33 Å². The fourth-order valence-corrected chi connectivity index (χ4v) is 5.04. The van der Waals surface area contributed by atoms with E-state index in [0.717, 1.165) is 25.0 Å². The van der Waals surface area contributed by atoms with Crippen molar-refractivity contribution in [2.75, 3.05) is 18.0 Å². The van der Waals surface area contributed by atoms with Gasteiger partial charge in [-0.05, 0) is 37.0 Å². The monoisotopic (exact) mass is 347 g/mol. The number of nitrogens with zero attached hydrogens (tertiary/aromatic N) is 5. The van der Waals surface area contributed by atoms with Crippen molar-refractivity contribution in [1.29, 1.82) is 0 Å². The van der Waals surface area contributed by atoms with E-state index >= 15 is 0 Å². The van der Waals surface area contributed by atoms with Crippen LogP contribution in [0.1, 0.15) is 19.3 Å². The van der Waals surface area contributed by atoms with Crippen LogP contribution in [0.15, 0.2) is 12.7 Å². The third kappa shape index (κ3) is 2.34. The summed E-state index contributed by atoms with van der Waals surface area (Å²) in [5.74, 6) is 1.37. The summed E-state index contributed by atoms with van der Waals surface area (Å²) in [5, 5.41) is 20.1. The molecule has 2 bridgehead atoms. The molecule has 2 aliphatic carbocycles. The predicted octanol–water partition coefficient (Wildman–Crippen LogP) is 0.752. The summed E-state index contributed by atoms with van der Waals surface area (Å²) in [7, 11) is 0. The lowest BCUT2D eigenvalue weighted by Crippen LogP contribution is -2.37. The van der Waals surface area contributed by atoms with E-state index in [0.29, 0.717) is 36.8 Å². The van der Waals surface area contributed by atoms with Crippen molar-refractivity contribution < 1.29 is 14.6 Å². The molecule has 8 heteroatoms. The second-order valence-corrected chi connectivity index (χ2v) is 7.73. The molecule has 0 radical (unpaired) electrons. The number of halogens is 1. The van der Waals surface area contributed by atoms with Crippen LogP contribution >= 0.6 is 0 Å². The van der Waals surface area contributed by atoms with Crippen molar-refractivity contribution in [3.05, 3.63) is 12.7 Å². The summed E-state index contributed by atoms with van der Waals surface area (Å²) >= 11 is 0. The topological polar surface area (TPSA) is 87.3 Å². The highest BCUT2D eigenvalue weighted by Crippen LogP contribution is 2.49. The highest BCUT2D eigenvalue weighted by Gasteiger charge is 2.51. The Morgan fingerprint density at radius 2 is 2.04 bits per heavy atom. The maximum atomic E-state index is 13.5. The Balaban J connectivity index is 1.42. The van der Waals surface area contributed by atoms with E-state index in [1.807, 2.05) is 9.47 Å². The van der Waals surface area contributed by atoms with Crippen LogP contribution in [-0.2, 0) is 6.54 Å². The third-order valence-corrected chi connectivity index (χ3v) is 6.30. The predicted molar refractivity (Wildman–Crippen MR) is 88.8 cm³/mol. The smallest absolute Gasteiger partial charge is 0.165 e. The normalized spacial score (nSPS) is 37.5. The second-order valence-electron chi connectivity index (χ2n) is 7.73. The van der Waals surface area contributed by atoms with Crippen LogP contribution in [0.2, 0.25) is 0 Å². The van der Waals surface area contributed by atoms with E-state index in [9.17, 15) is 14.6 Å². The quantitative estimate of drug-likeness (QED) is 0.852. The summed E-state index contributed by atoms with van der Waals surface area (Å²) < 4.78 is 15.5. The lowest BCUT2D eigenvalue weighted by molar-refractivity contribution is -0.0360. The van der Waals surface area contributed by atoms with Crippen LogP contribution < -0.4 is 4.90 Å². The highest BCUT2D eigenvalue weighted by atomic mass is 19.1. The molecule has 1 saturated heterocycles. The maximum absolute atomic E-state index is 13.5. The molecule has 5 rings (SSSR count). The summed E-state index contributed by atoms with van der Waals surface area (Å²) in [5.41, 5.74) is 1.46. The molecule has 3 heterocycles. The number of aliphatic hydroxyl groups is 2. The fraction of sp³-hybridized carbons (Fsp3) is 0.706. The molecular weight excluding hydrogens is 325 g/mol. The Hall–Kier alpha value is -1.80. The first-order valence-corrected chi connectivity index (χ1v) is 9.03. The third-order valence-electron chi connectivity index (χ3n) is 6.30. The minimum atomic E-state index is -0.811. The minimum Gasteiger partial charge on any atom is -0.390 e. The average Bonchev–Trinajstić information content (AvgIpc) is 3.36. The van der Waals surface area contributed by atoms with Crippen molar-refractivity contribution in [1.82, 2.24) is 19.5 Å². The molecule has 0 unspecified atom stereocenters. The first-order valence-electron chi connectivity index (χ1n) is 9.03. The largest absolute Gasteiger partial charge is 0.390 e. The van der Waals surface area contributed by atoms with Crippen molar-refractivity contribution in [2.24, 2.45) is 17.8 Å². The van der Waals surface area contributed by atoms with E-state index in [-0.39, 0.29) is 11.8 Å². The molecule has 3 fully saturated rings. The Bertz CT molecular complexity index is 796. The molecule has 134 valence electrons. The molecule has 2 N–H and O–H groups in total. The number of aliphatic hydroxyl groups excluding tert-OH is 2. The Kier molecular flexibility index (Phi) is 3.46. The molecule has 0 amide bonds. The van der Waals surface area contributed by atoms with Gasteiger partial charge in [-0.3, -0.25) is 0 Å². The van der Waals surface area contributed by atoms with Crippen LogP contribution in [0.4, 0.5) is 10.2 Å². The van der Waals surface area contributed by atoms with E-state index in [1.54, 1.807) is 6.33 Å². The SMILES string of the molecule is O[C@H]1[C@@H]2C[C@H](Cn3cnc4c(N5CC[C@@H](F)C5)ncnc43)[C@@H](C2)[C@H]1O. The zero-order valence-corrected chi connectivity index (χ0v) is 13.9. The zero-order chi connectivity index (χ0) is 17.1. The Morgan fingerprint density at radius 1 is 1.16 bits per heavy atom. The van der Waals surface area contributed by atoms with Crippen molar-refractivity contribution in [3.8, 4) is 0 Å². The van der Waals surface area contributed by atoms with Gasteiger partial charge in [0.05, 0.1) is 25.1 Å². The van der Waals surface area contributed by atoms with Crippen LogP contribution in [0.5, 0.6) is 0 Å². The fourth-order valence-electron chi connectivity index (χ4n) is 5.04. The zero-order valence-electron chi connectivity index (χ0n) is 13.9. The van der Waals surface area contributed by atoms with Gasteiger partial charge in [0.25, 0.3) is 0 Å². The summed E-state index contributed by atoms with van der Waals surface area (Å²) in [6.45, 7) is 1.73. The maximum Gasteiger partial charge on any atom is 0.165 e. The number of alkyl halides is 1. The first kappa shape index (κ1) is 15.5. The summed E-state index contributed by atoms with van der Waals surface area (Å²) in [6, 6.07) is 0. The molecular formula is C17H22FN5O2. The first-order chi connectivity index (χ1) is 12.1. The standard InChI is InChI=1S/C17H22FN5O2/c18-11-1-2-22(6-11)16-13-17(20-7-19-16)23(8-21-13)5-10-3-9-4-12(10)15(25)14(9)24/h7-12,14-15,24-25H,1-6H2/t9-,10-,11-,12-,14+,15-/m1/s1. The molecule has 2 saturated carbocycles. The summed E-state index contributed by atoms with van der Waals surface area (Å²) in [6.07, 6.45) is 3.63. The molecule has 0 spiro atoms. The van der Waals surface area contributed by atoms with E-state index < -0.39 is 18.4 Å². The molecule has 7 nitrogen and oxygen atoms in total. The van der Waals surface area contributed by atoms with Gasteiger partial charge in [-0.2, -0.15) is 0 Å². The summed E-state index contributed by atoms with van der Waals surface area (Å²) in [4.78, 5) is 15.1. The molecule has 25 heavy (non-hydrogen) atoms. The van der Waals surface area contributed by atoms with Crippen molar-refractivity contribution >= 4 is 17.0 Å². The molecule has 6 atom stereocenters. The number of aromatic nitrogens is 4. The van der Waals surface area contributed by atoms with Gasteiger partial charge in [-0.15, -0.1) is 0 Å². The van der Waals surface area contributed by atoms with Crippen molar-refractivity contribution in [2.45, 2.75) is 44.2 Å². The minimum absolute atomic E-state index is 0.143. The van der Waals surface area contributed by atoms with Gasteiger partial charge in [0.2, 0.25) is 0 Å². The molecule has 3 aliphatic rings. The number of hydrogen-bond acceptors (Lipinski definition) is 6. The number of hydrogen-bond donors (Lipinski definition) is 2.